The zero-order valence-electron chi connectivity index (χ0n) is 23.8. The minimum Gasteiger partial charge on any atom is -0.491 e. The quantitative estimate of drug-likeness (QED) is 0.234. The van der Waals surface area contributed by atoms with E-state index in [0.717, 1.165) is 59.9 Å². The van der Waals surface area contributed by atoms with Crippen molar-refractivity contribution in [2.24, 2.45) is 5.18 Å². The summed E-state index contributed by atoms with van der Waals surface area (Å²) in [5.41, 5.74) is 4.67. The second kappa shape index (κ2) is 14.6. The van der Waals surface area contributed by atoms with Crippen molar-refractivity contribution in [2.75, 3.05) is 44.0 Å². The van der Waals surface area contributed by atoms with Crippen LogP contribution >= 0.6 is 0 Å². The molecule has 10 nitrogen and oxygen atoms in total. The van der Waals surface area contributed by atoms with Gasteiger partial charge in [0.2, 0.25) is 0 Å². The topological polar surface area (TPSA) is 119 Å². The monoisotopic (exact) mass is 548 g/mol. The van der Waals surface area contributed by atoms with Gasteiger partial charge in [0.25, 0.3) is 0 Å². The number of rotatable bonds is 14. The highest BCUT2D eigenvalue weighted by Crippen LogP contribution is 2.34. The Morgan fingerprint density at radius 1 is 1.12 bits per heavy atom. The Bertz CT molecular complexity index is 1230. The van der Waals surface area contributed by atoms with Crippen molar-refractivity contribution >= 4 is 11.5 Å². The number of ether oxygens (including phenoxy) is 3. The third-order valence-electron chi connectivity index (χ3n) is 6.61. The standard InChI is InChI=1S/C30H40N6O4/c1-20(2)33-30-21(3)28(34-24-7-10-38-11-8-24)15-29(35-30)23-12-26(39-18-22-6-5-9-32-16-22)14-27(13-23)40-19-25(36-37)17-31-4/h5-6,9,12-16,20,24-25,31H,7-8,10-11,17-19H2,1-4H3,(H2,33,34,35)/t25-/m0/s1. The molecule has 10 heteroatoms. The summed E-state index contributed by atoms with van der Waals surface area (Å²) in [5.74, 6) is 2.02. The molecule has 4 rings (SSSR count). The molecule has 0 aliphatic carbocycles. The van der Waals surface area contributed by atoms with Gasteiger partial charge in [-0.2, -0.15) is 4.91 Å². The predicted octanol–water partition coefficient (Wildman–Crippen LogP) is 5.18. The van der Waals surface area contributed by atoms with E-state index in [1.807, 2.05) is 30.3 Å². The number of benzene rings is 1. The van der Waals surface area contributed by atoms with E-state index < -0.39 is 6.04 Å². The Morgan fingerprint density at radius 2 is 1.90 bits per heavy atom. The number of hydrogen-bond acceptors (Lipinski definition) is 10. The van der Waals surface area contributed by atoms with Crippen LogP contribution in [0.2, 0.25) is 0 Å². The first-order valence-electron chi connectivity index (χ1n) is 13.8. The van der Waals surface area contributed by atoms with E-state index in [0.29, 0.717) is 30.7 Å². The highest BCUT2D eigenvalue weighted by Gasteiger charge is 2.19. The lowest BCUT2D eigenvalue weighted by atomic mass is 10.0. The maximum atomic E-state index is 11.3. The molecule has 1 aliphatic heterocycles. The van der Waals surface area contributed by atoms with Crippen molar-refractivity contribution in [3.05, 3.63) is 64.8 Å². The number of nitrogens with one attached hydrogen (secondary N) is 3. The Balaban J connectivity index is 1.69. The lowest BCUT2D eigenvalue weighted by Crippen LogP contribution is -2.28. The smallest absolute Gasteiger partial charge is 0.138 e. The molecule has 0 bridgehead atoms. The van der Waals surface area contributed by atoms with E-state index in [1.165, 1.54) is 0 Å². The Morgan fingerprint density at radius 3 is 2.58 bits per heavy atom. The summed E-state index contributed by atoms with van der Waals surface area (Å²) in [4.78, 5) is 20.4. The van der Waals surface area contributed by atoms with Crippen molar-refractivity contribution < 1.29 is 14.2 Å². The lowest BCUT2D eigenvalue weighted by molar-refractivity contribution is 0.0904. The molecule has 0 radical (unpaired) electrons. The van der Waals surface area contributed by atoms with Crippen LogP contribution in [0.25, 0.3) is 11.3 Å². The Kier molecular flexibility index (Phi) is 10.7. The van der Waals surface area contributed by atoms with Crippen LogP contribution in [0.1, 0.15) is 37.8 Å². The van der Waals surface area contributed by atoms with Crippen molar-refractivity contribution in [2.45, 2.75) is 58.3 Å². The zero-order chi connectivity index (χ0) is 28.3. The molecule has 1 fully saturated rings. The predicted molar refractivity (Wildman–Crippen MR) is 158 cm³/mol. The molecule has 214 valence electrons. The van der Waals surface area contributed by atoms with Crippen LogP contribution in [-0.4, -0.2) is 61.5 Å². The zero-order valence-corrected chi connectivity index (χ0v) is 23.8. The number of nitroso groups, excluding NO2 is 1. The minimum atomic E-state index is -0.511. The molecular weight excluding hydrogens is 508 g/mol. The summed E-state index contributed by atoms with van der Waals surface area (Å²) in [5, 5.41) is 13.4. The number of pyridine rings is 2. The van der Waals surface area contributed by atoms with Crippen molar-refractivity contribution in [1.82, 2.24) is 15.3 Å². The van der Waals surface area contributed by atoms with Gasteiger partial charge in [0.05, 0.1) is 5.69 Å². The number of likely N-dealkylation sites (N-methyl/N-ethyl adjacent to an activating group) is 1. The number of anilines is 2. The maximum Gasteiger partial charge on any atom is 0.138 e. The van der Waals surface area contributed by atoms with Gasteiger partial charge < -0.3 is 30.2 Å². The molecule has 1 saturated heterocycles. The van der Waals surface area contributed by atoms with Gasteiger partial charge in [0, 0.05) is 72.7 Å². The first kappa shape index (κ1) is 29.2. The summed E-state index contributed by atoms with van der Waals surface area (Å²) in [7, 11) is 1.78. The molecular formula is C30H40N6O4. The first-order chi connectivity index (χ1) is 19.4. The molecule has 3 N–H and O–H groups in total. The average molecular weight is 549 g/mol. The summed E-state index contributed by atoms with van der Waals surface area (Å²) in [6.45, 7) is 8.72. The molecule has 40 heavy (non-hydrogen) atoms. The van der Waals surface area contributed by atoms with Crippen molar-refractivity contribution in [3.63, 3.8) is 0 Å². The van der Waals surface area contributed by atoms with Gasteiger partial charge >= 0.3 is 0 Å². The number of aromatic nitrogens is 2. The van der Waals surface area contributed by atoms with Crippen LogP contribution < -0.4 is 25.4 Å². The van der Waals surface area contributed by atoms with Crippen LogP contribution in [0.3, 0.4) is 0 Å². The van der Waals surface area contributed by atoms with E-state index >= 15 is 0 Å². The van der Waals surface area contributed by atoms with Gasteiger partial charge in [-0.05, 0) is 64.9 Å². The number of hydrogen-bond donors (Lipinski definition) is 3. The average Bonchev–Trinajstić information content (AvgIpc) is 2.97. The van der Waals surface area contributed by atoms with Gasteiger partial charge in [0.1, 0.15) is 36.6 Å². The van der Waals surface area contributed by atoms with Crippen LogP contribution in [0.15, 0.2) is 54.0 Å². The fourth-order valence-electron chi connectivity index (χ4n) is 4.47. The molecule has 0 amide bonds. The number of nitrogens with zero attached hydrogens (tertiary/aromatic N) is 3. The van der Waals surface area contributed by atoms with E-state index in [1.54, 1.807) is 19.4 Å². The third-order valence-corrected chi connectivity index (χ3v) is 6.61. The molecule has 2 aromatic heterocycles. The molecule has 3 heterocycles. The fourth-order valence-corrected chi connectivity index (χ4v) is 4.47. The molecule has 0 unspecified atom stereocenters. The normalized spacial score (nSPS) is 14.5. The highest BCUT2D eigenvalue weighted by atomic mass is 16.5. The van der Waals surface area contributed by atoms with Crippen LogP contribution in [-0.2, 0) is 11.3 Å². The Hall–Kier alpha value is -3.76. The van der Waals surface area contributed by atoms with Gasteiger partial charge in [0.15, 0.2) is 0 Å². The van der Waals surface area contributed by atoms with E-state index in [4.69, 9.17) is 19.2 Å². The molecule has 0 saturated carbocycles. The largest absolute Gasteiger partial charge is 0.491 e. The molecule has 1 aromatic carbocycles. The SMILES string of the molecule is CNC[C@@H](COc1cc(OCc2cccnc2)cc(-c2cc(NC3CCOCC3)c(C)c(NC(C)C)n2)c1)N=O. The molecule has 1 aliphatic rings. The second-order valence-corrected chi connectivity index (χ2v) is 10.3. The first-order valence-corrected chi connectivity index (χ1v) is 13.8. The minimum absolute atomic E-state index is 0.147. The molecule has 3 aromatic rings. The fraction of sp³-hybridized carbons (Fsp3) is 0.467. The van der Waals surface area contributed by atoms with E-state index in [-0.39, 0.29) is 12.6 Å². The summed E-state index contributed by atoms with van der Waals surface area (Å²) >= 11 is 0. The van der Waals surface area contributed by atoms with Gasteiger partial charge in [-0.15, -0.1) is 0 Å². The third kappa shape index (κ3) is 8.37. The van der Waals surface area contributed by atoms with Crippen LogP contribution in [0.4, 0.5) is 11.5 Å². The van der Waals surface area contributed by atoms with Crippen molar-refractivity contribution in [1.29, 1.82) is 0 Å². The van der Waals surface area contributed by atoms with Crippen molar-refractivity contribution in [3.8, 4) is 22.8 Å². The highest BCUT2D eigenvalue weighted by molar-refractivity contribution is 5.73. The molecule has 0 spiro atoms. The summed E-state index contributed by atoms with van der Waals surface area (Å²) < 4.78 is 17.7. The van der Waals surface area contributed by atoms with Gasteiger partial charge in [-0.25, -0.2) is 4.98 Å². The van der Waals surface area contributed by atoms with Gasteiger partial charge in [-0.1, -0.05) is 11.2 Å². The summed E-state index contributed by atoms with van der Waals surface area (Å²) in [6.07, 6.45) is 5.42. The van der Waals surface area contributed by atoms with Crippen LogP contribution in [0.5, 0.6) is 11.5 Å². The van der Waals surface area contributed by atoms with E-state index in [9.17, 15) is 4.91 Å². The second-order valence-electron chi connectivity index (χ2n) is 10.3. The van der Waals surface area contributed by atoms with Gasteiger partial charge in [-0.3, -0.25) is 4.98 Å². The Labute approximate surface area is 236 Å². The maximum absolute atomic E-state index is 11.3. The lowest BCUT2D eigenvalue weighted by Gasteiger charge is -2.26. The molecule has 1 atom stereocenters. The summed E-state index contributed by atoms with van der Waals surface area (Å²) in [6, 6.07) is 11.7. The van der Waals surface area contributed by atoms with Crippen LogP contribution in [0, 0.1) is 11.8 Å². The van der Waals surface area contributed by atoms with E-state index in [2.05, 4.69) is 52.9 Å².